The molecule has 1 aromatic carbocycles. The summed E-state index contributed by atoms with van der Waals surface area (Å²) in [5.41, 5.74) is 0.367. The van der Waals surface area contributed by atoms with Crippen LogP contribution >= 0.6 is 11.8 Å². The molecule has 0 spiro atoms. The number of carbonyl (C=O) groups is 3. The Kier molecular flexibility index (Phi) is 7.22. The van der Waals surface area contributed by atoms with Crippen LogP contribution in [-0.4, -0.2) is 64.9 Å². The first-order valence-corrected chi connectivity index (χ1v) is 10.7. The van der Waals surface area contributed by atoms with Crippen LogP contribution in [0.3, 0.4) is 0 Å². The van der Waals surface area contributed by atoms with E-state index in [0.717, 1.165) is 12.8 Å². The molecule has 1 aromatic rings. The highest BCUT2D eigenvalue weighted by atomic mass is 32.2. The number of nitrogens with one attached hydrogen (secondary N) is 1. The largest absolute Gasteiger partial charge is 0.481 e. The number of aliphatic carboxylic acids is 2. The van der Waals surface area contributed by atoms with Crippen molar-refractivity contribution in [2.75, 3.05) is 24.2 Å². The van der Waals surface area contributed by atoms with E-state index in [1.165, 1.54) is 28.6 Å². The van der Waals surface area contributed by atoms with Gasteiger partial charge in [0.15, 0.2) is 0 Å². The molecule has 148 valence electrons. The van der Waals surface area contributed by atoms with Gasteiger partial charge in [0.05, 0.1) is 17.1 Å². The smallest absolute Gasteiger partial charge is 0.317 e. The van der Waals surface area contributed by atoms with E-state index >= 15 is 0 Å². The topological polar surface area (TPSA) is 141 Å². The minimum atomic E-state index is -3.53. The summed E-state index contributed by atoms with van der Waals surface area (Å²) in [6.07, 6.45) is 1.09. The summed E-state index contributed by atoms with van der Waals surface area (Å²) in [5, 5.41) is 18.9. The second kappa shape index (κ2) is 9.20. The third-order valence-electron chi connectivity index (χ3n) is 3.89. The second-order valence-corrected chi connectivity index (χ2v) is 9.05. The molecule has 0 unspecified atom stereocenters. The summed E-state index contributed by atoms with van der Waals surface area (Å²) in [7, 11) is -3.53. The fourth-order valence-corrected chi connectivity index (χ4v) is 4.88. The third-order valence-corrected chi connectivity index (χ3v) is 7.00. The highest BCUT2D eigenvalue weighted by Crippen LogP contribution is 2.22. The summed E-state index contributed by atoms with van der Waals surface area (Å²) in [6, 6.07) is 5.72. The number of rotatable bonds is 9. The quantitative estimate of drug-likeness (QED) is 0.543. The van der Waals surface area contributed by atoms with Gasteiger partial charge in [-0.25, -0.2) is 8.42 Å². The van der Waals surface area contributed by atoms with Gasteiger partial charge in [0, 0.05) is 18.8 Å². The number of carbonyl (C=O) groups excluding carboxylic acids is 1. The Labute approximate surface area is 160 Å². The average Bonchev–Trinajstić information content (AvgIpc) is 3.14. The average molecular weight is 416 g/mol. The number of hydrogen-bond acceptors (Lipinski definition) is 6. The first-order chi connectivity index (χ1) is 12.7. The molecule has 0 aliphatic carbocycles. The summed E-state index contributed by atoms with van der Waals surface area (Å²) in [5.74, 6) is -3.30. The SMILES string of the molecule is O=C(O)C[C@@H](SCC(=O)Nc1ccc(S(=O)(=O)N2CCCC2)cc1)C(=O)O. The predicted molar refractivity (Wildman–Crippen MR) is 99.2 cm³/mol. The van der Waals surface area contributed by atoms with E-state index in [4.69, 9.17) is 10.2 Å². The van der Waals surface area contributed by atoms with Crippen molar-refractivity contribution < 1.29 is 33.0 Å². The highest BCUT2D eigenvalue weighted by Gasteiger charge is 2.27. The van der Waals surface area contributed by atoms with Gasteiger partial charge in [-0.2, -0.15) is 4.31 Å². The van der Waals surface area contributed by atoms with Crippen LogP contribution in [0.5, 0.6) is 0 Å². The van der Waals surface area contributed by atoms with Crippen LogP contribution in [-0.2, 0) is 24.4 Å². The van der Waals surface area contributed by atoms with Gasteiger partial charge in [-0.05, 0) is 37.1 Å². The zero-order valence-electron chi connectivity index (χ0n) is 14.3. The maximum atomic E-state index is 12.4. The minimum absolute atomic E-state index is 0.143. The van der Waals surface area contributed by atoms with Gasteiger partial charge in [-0.1, -0.05) is 0 Å². The Morgan fingerprint density at radius 2 is 1.70 bits per heavy atom. The molecule has 2 rings (SSSR count). The first kappa shape index (κ1) is 21.2. The fourth-order valence-electron chi connectivity index (χ4n) is 2.54. The van der Waals surface area contributed by atoms with Crippen molar-refractivity contribution in [2.45, 2.75) is 29.4 Å². The summed E-state index contributed by atoms with van der Waals surface area (Å²) < 4.78 is 26.3. The molecule has 1 heterocycles. The van der Waals surface area contributed by atoms with Crippen molar-refractivity contribution in [3.8, 4) is 0 Å². The number of sulfonamides is 1. The first-order valence-electron chi connectivity index (χ1n) is 8.16. The van der Waals surface area contributed by atoms with Gasteiger partial charge >= 0.3 is 11.9 Å². The standard InChI is InChI=1S/C16H20N2O7S2/c19-14(10-26-13(16(22)23)9-15(20)21)17-11-3-5-12(6-4-11)27(24,25)18-7-1-2-8-18/h3-6,13H,1-2,7-10H2,(H,17,19)(H,20,21)(H,22,23)/t13-/m1/s1. The molecule has 1 saturated heterocycles. The van der Waals surface area contributed by atoms with Crippen LogP contribution in [0.2, 0.25) is 0 Å². The number of carboxylic acids is 2. The Bertz CT molecular complexity index is 803. The number of nitrogens with zero attached hydrogens (tertiary/aromatic N) is 1. The maximum Gasteiger partial charge on any atom is 0.317 e. The molecule has 3 N–H and O–H groups in total. The Morgan fingerprint density at radius 3 is 2.22 bits per heavy atom. The normalized spacial score (nSPS) is 16.0. The van der Waals surface area contributed by atoms with Crippen LogP contribution in [0.15, 0.2) is 29.2 Å². The summed E-state index contributed by atoms with van der Waals surface area (Å²) >= 11 is 0.715. The van der Waals surface area contributed by atoms with Gasteiger partial charge in [-0.3, -0.25) is 14.4 Å². The number of amides is 1. The third kappa shape index (κ3) is 5.94. The van der Waals surface area contributed by atoms with Crippen molar-refractivity contribution in [3.05, 3.63) is 24.3 Å². The van der Waals surface area contributed by atoms with Crippen molar-refractivity contribution in [2.24, 2.45) is 0 Å². The van der Waals surface area contributed by atoms with Gasteiger partial charge in [-0.15, -0.1) is 11.8 Å². The number of benzene rings is 1. The van der Waals surface area contributed by atoms with Crippen molar-refractivity contribution in [1.82, 2.24) is 4.31 Å². The summed E-state index contributed by atoms with van der Waals surface area (Å²) in [4.78, 5) is 33.7. The molecular weight excluding hydrogens is 396 g/mol. The van der Waals surface area contributed by atoms with E-state index in [9.17, 15) is 22.8 Å². The van der Waals surface area contributed by atoms with Gasteiger partial charge < -0.3 is 15.5 Å². The van der Waals surface area contributed by atoms with Crippen molar-refractivity contribution >= 4 is 45.3 Å². The summed E-state index contributed by atoms with van der Waals surface area (Å²) in [6.45, 7) is 0.998. The molecule has 1 aliphatic heterocycles. The highest BCUT2D eigenvalue weighted by molar-refractivity contribution is 8.01. The molecule has 1 amide bonds. The molecule has 0 saturated carbocycles. The van der Waals surface area contributed by atoms with Crippen LogP contribution in [0.25, 0.3) is 0 Å². The molecule has 11 heteroatoms. The second-order valence-electron chi connectivity index (χ2n) is 5.92. The zero-order chi connectivity index (χ0) is 20.0. The Hall–Kier alpha value is -2.11. The fraction of sp³-hybridized carbons (Fsp3) is 0.438. The lowest BCUT2D eigenvalue weighted by Gasteiger charge is -2.15. The van der Waals surface area contributed by atoms with Gasteiger partial charge in [0.2, 0.25) is 15.9 Å². The lowest BCUT2D eigenvalue weighted by atomic mass is 10.3. The van der Waals surface area contributed by atoms with E-state index in [2.05, 4.69) is 5.32 Å². The van der Waals surface area contributed by atoms with E-state index in [1.54, 1.807) is 0 Å². The van der Waals surface area contributed by atoms with E-state index < -0.39 is 39.5 Å². The lowest BCUT2D eigenvalue weighted by molar-refractivity contribution is -0.142. The van der Waals surface area contributed by atoms with Crippen LogP contribution in [0.1, 0.15) is 19.3 Å². The molecule has 1 aliphatic rings. The Morgan fingerprint density at radius 1 is 1.11 bits per heavy atom. The van der Waals surface area contributed by atoms with Gasteiger partial charge in [0.25, 0.3) is 0 Å². The molecule has 27 heavy (non-hydrogen) atoms. The molecular formula is C16H20N2O7S2. The molecule has 1 atom stereocenters. The number of anilines is 1. The monoisotopic (exact) mass is 416 g/mol. The predicted octanol–water partition coefficient (Wildman–Crippen LogP) is 1.07. The van der Waals surface area contributed by atoms with Crippen LogP contribution in [0, 0.1) is 0 Å². The Balaban J connectivity index is 1.92. The molecule has 9 nitrogen and oxygen atoms in total. The van der Waals surface area contributed by atoms with E-state index in [0.29, 0.717) is 30.5 Å². The molecule has 0 radical (unpaired) electrons. The number of hydrogen-bond donors (Lipinski definition) is 3. The van der Waals surface area contributed by atoms with Crippen LogP contribution in [0.4, 0.5) is 5.69 Å². The molecule has 0 bridgehead atoms. The molecule has 1 fully saturated rings. The maximum absolute atomic E-state index is 12.4. The molecule has 0 aromatic heterocycles. The number of carboxylic acid groups (broad SMARTS) is 2. The van der Waals surface area contributed by atoms with Crippen molar-refractivity contribution in [1.29, 1.82) is 0 Å². The van der Waals surface area contributed by atoms with E-state index in [1.807, 2.05) is 0 Å². The zero-order valence-corrected chi connectivity index (χ0v) is 16.0. The van der Waals surface area contributed by atoms with Crippen LogP contribution < -0.4 is 5.32 Å². The minimum Gasteiger partial charge on any atom is -0.481 e. The lowest BCUT2D eigenvalue weighted by Crippen LogP contribution is -2.27. The van der Waals surface area contributed by atoms with Gasteiger partial charge in [0.1, 0.15) is 5.25 Å². The van der Waals surface area contributed by atoms with Crippen molar-refractivity contribution in [3.63, 3.8) is 0 Å². The number of thioether (sulfide) groups is 1. The van der Waals surface area contributed by atoms with E-state index in [-0.39, 0.29) is 10.6 Å².